The summed E-state index contributed by atoms with van der Waals surface area (Å²) in [5.74, 6) is -1.85. The first-order chi connectivity index (χ1) is 10.8. The maximum absolute atomic E-state index is 12.6. The highest BCUT2D eigenvalue weighted by Crippen LogP contribution is 2.30. The molecule has 23 heavy (non-hydrogen) atoms. The van der Waals surface area contributed by atoms with E-state index < -0.39 is 26.8 Å². The van der Waals surface area contributed by atoms with E-state index in [2.05, 4.69) is 5.32 Å². The number of nitrogens with zero attached hydrogens (tertiary/aromatic N) is 2. The summed E-state index contributed by atoms with van der Waals surface area (Å²) in [5.41, 5.74) is -0.122. The summed E-state index contributed by atoms with van der Waals surface area (Å²) in [6.07, 6.45) is 0.330. The summed E-state index contributed by atoms with van der Waals surface area (Å²) in [7, 11) is -2.40. The molecule has 10 heteroatoms. The van der Waals surface area contributed by atoms with Crippen LogP contribution in [0.5, 0.6) is 0 Å². The summed E-state index contributed by atoms with van der Waals surface area (Å²) in [6, 6.07) is 3.63. The second kappa shape index (κ2) is 6.50. The van der Waals surface area contributed by atoms with Crippen LogP contribution in [0.3, 0.4) is 0 Å². The molecule has 126 valence electrons. The first-order valence-corrected chi connectivity index (χ1v) is 8.38. The van der Waals surface area contributed by atoms with Gasteiger partial charge in [-0.15, -0.1) is 0 Å². The number of benzene rings is 1. The van der Waals surface area contributed by atoms with Gasteiger partial charge in [0.25, 0.3) is 5.69 Å². The SMILES string of the molecule is CNc1ccc(S(=O)(=O)N2CCC(C(=O)[O-])CC2)cc1[N+](=O)[O-]. The Bertz CT molecular complexity index is 725. The molecule has 1 fully saturated rings. The van der Waals surface area contributed by atoms with Crippen LogP contribution in [0.15, 0.2) is 23.1 Å². The molecule has 0 aliphatic carbocycles. The molecule has 2 rings (SSSR count). The molecule has 0 bridgehead atoms. The van der Waals surface area contributed by atoms with Crippen molar-refractivity contribution in [2.45, 2.75) is 17.7 Å². The number of carbonyl (C=O) groups is 1. The zero-order valence-electron chi connectivity index (χ0n) is 12.4. The van der Waals surface area contributed by atoms with Crippen LogP contribution in [-0.2, 0) is 14.8 Å². The number of nitro groups is 1. The number of nitro benzene ring substituents is 1. The van der Waals surface area contributed by atoms with Gasteiger partial charge >= 0.3 is 0 Å². The van der Waals surface area contributed by atoms with E-state index in [1.165, 1.54) is 19.2 Å². The average Bonchev–Trinajstić information content (AvgIpc) is 2.54. The van der Waals surface area contributed by atoms with Crippen molar-refractivity contribution < 1.29 is 23.2 Å². The molecule has 1 aliphatic heterocycles. The van der Waals surface area contributed by atoms with Gasteiger partial charge in [0.05, 0.1) is 9.82 Å². The minimum Gasteiger partial charge on any atom is -0.550 e. The lowest BCUT2D eigenvalue weighted by atomic mass is 9.99. The van der Waals surface area contributed by atoms with E-state index in [-0.39, 0.29) is 42.2 Å². The van der Waals surface area contributed by atoms with Gasteiger partial charge in [0.2, 0.25) is 10.0 Å². The Morgan fingerprint density at radius 2 is 1.96 bits per heavy atom. The van der Waals surface area contributed by atoms with Crippen molar-refractivity contribution in [2.24, 2.45) is 5.92 Å². The molecule has 1 aromatic rings. The van der Waals surface area contributed by atoms with Crippen LogP contribution < -0.4 is 10.4 Å². The molecule has 0 spiro atoms. The number of hydrogen-bond donors (Lipinski definition) is 1. The standard InChI is InChI=1S/C13H17N3O6S/c1-14-11-3-2-10(8-12(11)16(19)20)23(21,22)15-6-4-9(5-7-15)13(17)18/h2-3,8-9,14H,4-7H2,1H3,(H,17,18)/p-1. The third-order valence-electron chi connectivity index (χ3n) is 3.86. The first-order valence-electron chi connectivity index (χ1n) is 6.94. The maximum Gasteiger partial charge on any atom is 0.293 e. The zero-order chi connectivity index (χ0) is 17.2. The number of anilines is 1. The van der Waals surface area contributed by atoms with Crippen molar-refractivity contribution in [1.82, 2.24) is 4.31 Å². The zero-order valence-corrected chi connectivity index (χ0v) is 13.2. The molecule has 1 aromatic carbocycles. The number of nitrogens with one attached hydrogen (secondary N) is 1. The van der Waals surface area contributed by atoms with Gasteiger partial charge in [-0.25, -0.2) is 8.42 Å². The van der Waals surface area contributed by atoms with Crippen LogP contribution in [0.1, 0.15) is 12.8 Å². The fourth-order valence-corrected chi connectivity index (χ4v) is 4.01. The van der Waals surface area contributed by atoms with Gasteiger partial charge in [-0.3, -0.25) is 10.1 Å². The van der Waals surface area contributed by atoms with E-state index in [0.717, 1.165) is 10.4 Å². The highest BCUT2D eigenvalue weighted by atomic mass is 32.2. The third-order valence-corrected chi connectivity index (χ3v) is 5.75. The van der Waals surface area contributed by atoms with E-state index in [1.807, 2.05) is 0 Å². The average molecular weight is 342 g/mol. The van der Waals surface area contributed by atoms with Crippen LogP contribution >= 0.6 is 0 Å². The van der Waals surface area contributed by atoms with Gasteiger partial charge in [0, 0.05) is 38.1 Å². The molecular formula is C13H16N3O6S-. The van der Waals surface area contributed by atoms with Crippen LogP contribution in [0.2, 0.25) is 0 Å². The molecule has 1 aliphatic rings. The van der Waals surface area contributed by atoms with Crippen LogP contribution in [-0.4, -0.2) is 43.8 Å². The van der Waals surface area contributed by atoms with Crippen LogP contribution in [0.25, 0.3) is 0 Å². The van der Waals surface area contributed by atoms with Crippen molar-refractivity contribution >= 4 is 27.4 Å². The normalized spacial score (nSPS) is 16.9. The smallest absolute Gasteiger partial charge is 0.293 e. The number of hydrogen-bond acceptors (Lipinski definition) is 7. The number of rotatable bonds is 5. The van der Waals surface area contributed by atoms with Gasteiger partial charge in [0.15, 0.2) is 0 Å². The van der Waals surface area contributed by atoms with E-state index in [9.17, 15) is 28.4 Å². The Labute approximate surface area is 133 Å². The quantitative estimate of drug-likeness (QED) is 0.578. The molecule has 1 saturated heterocycles. The topological polar surface area (TPSA) is 133 Å². The van der Waals surface area contributed by atoms with Gasteiger partial charge in [-0.1, -0.05) is 0 Å². The number of sulfonamides is 1. The molecule has 0 radical (unpaired) electrons. The Hall–Kier alpha value is -2.20. The Balaban J connectivity index is 2.29. The maximum atomic E-state index is 12.6. The van der Waals surface area contributed by atoms with Gasteiger partial charge in [0.1, 0.15) is 5.69 Å². The lowest BCUT2D eigenvalue weighted by Crippen LogP contribution is -2.43. The van der Waals surface area contributed by atoms with E-state index in [4.69, 9.17) is 0 Å². The molecule has 9 nitrogen and oxygen atoms in total. The summed E-state index contributed by atoms with van der Waals surface area (Å²) in [5, 5.41) is 24.5. The van der Waals surface area contributed by atoms with Gasteiger partial charge < -0.3 is 15.2 Å². The summed E-state index contributed by atoms with van der Waals surface area (Å²) < 4.78 is 26.3. The van der Waals surface area contributed by atoms with Crippen LogP contribution in [0.4, 0.5) is 11.4 Å². The van der Waals surface area contributed by atoms with Crippen molar-refractivity contribution in [3.05, 3.63) is 28.3 Å². The van der Waals surface area contributed by atoms with Crippen molar-refractivity contribution in [1.29, 1.82) is 0 Å². The monoisotopic (exact) mass is 342 g/mol. The minimum atomic E-state index is -3.90. The second-order valence-electron chi connectivity index (χ2n) is 5.18. The number of piperidine rings is 1. The van der Waals surface area contributed by atoms with Crippen molar-refractivity contribution in [3.63, 3.8) is 0 Å². The molecule has 1 heterocycles. The van der Waals surface area contributed by atoms with E-state index >= 15 is 0 Å². The third kappa shape index (κ3) is 3.42. The Morgan fingerprint density at radius 3 is 2.43 bits per heavy atom. The predicted octanol–water partition coefficient (Wildman–Crippen LogP) is -0.213. The summed E-state index contributed by atoms with van der Waals surface area (Å²) in [4.78, 5) is 21.0. The molecule has 0 unspecified atom stereocenters. The second-order valence-corrected chi connectivity index (χ2v) is 7.12. The Morgan fingerprint density at radius 1 is 1.35 bits per heavy atom. The number of carboxylic acids is 1. The van der Waals surface area contributed by atoms with Gasteiger partial charge in [-0.2, -0.15) is 4.31 Å². The predicted molar refractivity (Wildman–Crippen MR) is 79.1 cm³/mol. The van der Waals surface area contributed by atoms with Gasteiger partial charge in [-0.05, 0) is 25.0 Å². The molecule has 0 aromatic heterocycles. The fraction of sp³-hybridized carbons (Fsp3) is 0.462. The Kier molecular flexibility index (Phi) is 4.85. The summed E-state index contributed by atoms with van der Waals surface area (Å²) in [6.45, 7) is 0.0884. The van der Waals surface area contributed by atoms with E-state index in [0.29, 0.717) is 0 Å². The molecule has 0 amide bonds. The lowest BCUT2D eigenvalue weighted by Gasteiger charge is -2.31. The lowest BCUT2D eigenvalue weighted by molar-refractivity contribution is -0.384. The highest BCUT2D eigenvalue weighted by molar-refractivity contribution is 7.89. The number of carboxylic acid groups (broad SMARTS) is 1. The largest absolute Gasteiger partial charge is 0.550 e. The highest BCUT2D eigenvalue weighted by Gasteiger charge is 2.31. The number of aliphatic carboxylic acids is 1. The van der Waals surface area contributed by atoms with Crippen molar-refractivity contribution in [2.75, 3.05) is 25.5 Å². The number of carbonyl (C=O) groups excluding carboxylic acids is 1. The first kappa shape index (κ1) is 17.2. The molecule has 0 saturated carbocycles. The minimum absolute atomic E-state index is 0.0442. The molecular weight excluding hydrogens is 326 g/mol. The molecule has 1 N–H and O–H groups in total. The van der Waals surface area contributed by atoms with E-state index in [1.54, 1.807) is 0 Å². The molecule has 0 atom stereocenters. The summed E-state index contributed by atoms with van der Waals surface area (Å²) >= 11 is 0. The van der Waals surface area contributed by atoms with Crippen molar-refractivity contribution in [3.8, 4) is 0 Å². The van der Waals surface area contributed by atoms with Crippen LogP contribution in [0, 0.1) is 16.0 Å². The fourth-order valence-electron chi connectivity index (χ4n) is 2.52.